The van der Waals surface area contributed by atoms with E-state index in [4.69, 9.17) is 14.2 Å². The van der Waals surface area contributed by atoms with E-state index in [1.54, 1.807) is 27.5 Å². The van der Waals surface area contributed by atoms with Crippen LogP contribution in [0.25, 0.3) is 0 Å². The van der Waals surface area contributed by atoms with Crippen LogP contribution < -0.4 is 19.6 Å². The standard InChI is InChI=1S/C17H20N2O3/c1-12-7-5-6-8-14(12)19-18-11-13-9-10-15(20-2)17(22-4)16(13)21-3/h5-11,19H,1-4H3/b18-11+. The number of benzene rings is 2. The quantitative estimate of drug-likeness (QED) is 0.655. The molecule has 0 bridgehead atoms. The molecule has 0 amide bonds. The first-order valence-corrected chi connectivity index (χ1v) is 6.85. The van der Waals surface area contributed by atoms with Gasteiger partial charge in [0.1, 0.15) is 0 Å². The maximum Gasteiger partial charge on any atom is 0.203 e. The molecule has 0 heterocycles. The summed E-state index contributed by atoms with van der Waals surface area (Å²) in [6.45, 7) is 2.02. The number of anilines is 1. The summed E-state index contributed by atoms with van der Waals surface area (Å²) < 4.78 is 16.0. The molecule has 0 radical (unpaired) electrons. The summed E-state index contributed by atoms with van der Waals surface area (Å²) in [4.78, 5) is 0. The van der Waals surface area contributed by atoms with E-state index in [1.807, 2.05) is 43.3 Å². The second kappa shape index (κ2) is 7.36. The van der Waals surface area contributed by atoms with Crippen LogP contribution in [-0.4, -0.2) is 27.5 Å². The van der Waals surface area contributed by atoms with Crippen LogP contribution in [0.1, 0.15) is 11.1 Å². The monoisotopic (exact) mass is 300 g/mol. The Bertz CT molecular complexity index is 669. The molecule has 0 saturated heterocycles. The maximum absolute atomic E-state index is 5.41. The van der Waals surface area contributed by atoms with Crippen molar-refractivity contribution in [1.82, 2.24) is 0 Å². The average Bonchev–Trinajstić information content (AvgIpc) is 2.55. The molecular weight excluding hydrogens is 280 g/mol. The highest BCUT2D eigenvalue weighted by Gasteiger charge is 2.14. The molecule has 5 nitrogen and oxygen atoms in total. The Hall–Kier alpha value is -2.69. The topological polar surface area (TPSA) is 52.1 Å². The third-order valence-electron chi connectivity index (χ3n) is 3.27. The van der Waals surface area contributed by atoms with Gasteiger partial charge >= 0.3 is 0 Å². The van der Waals surface area contributed by atoms with E-state index in [0.717, 1.165) is 16.8 Å². The van der Waals surface area contributed by atoms with Crippen molar-refractivity contribution in [3.05, 3.63) is 47.5 Å². The lowest BCUT2D eigenvalue weighted by Gasteiger charge is -2.13. The van der Waals surface area contributed by atoms with Gasteiger partial charge in [0, 0.05) is 5.56 Å². The fourth-order valence-corrected chi connectivity index (χ4v) is 2.10. The fraction of sp³-hybridized carbons (Fsp3) is 0.235. The minimum atomic E-state index is 0.546. The molecule has 116 valence electrons. The lowest BCUT2D eigenvalue weighted by molar-refractivity contribution is 0.324. The van der Waals surface area contributed by atoms with Gasteiger partial charge in [-0.3, -0.25) is 5.43 Å². The van der Waals surface area contributed by atoms with Crippen LogP contribution in [0.2, 0.25) is 0 Å². The lowest BCUT2D eigenvalue weighted by atomic mass is 10.2. The van der Waals surface area contributed by atoms with Crippen LogP contribution in [0, 0.1) is 6.92 Å². The minimum Gasteiger partial charge on any atom is -0.493 e. The Morgan fingerprint density at radius 1 is 0.909 bits per heavy atom. The number of methoxy groups -OCH3 is 3. The van der Waals surface area contributed by atoms with Gasteiger partial charge in [0.25, 0.3) is 0 Å². The molecular formula is C17H20N2O3. The van der Waals surface area contributed by atoms with Crippen LogP contribution in [0.15, 0.2) is 41.5 Å². The molecule has 0 fully saturated rings. The van der Waals surface area contributed by atoms with E-state index in [-0.39, 0.29) is 0 Å². The third kappa shape index (κ3) is 3.31. The summed E-state index contributed by atoms with van der Waals surface area (Å²) in [5.41, 5.74) is 5.89. The maximum atomic E-state index is 5.41. The molecule has 0 saturated carbocycles. The zero-order valence-electron chi connectivity index (χ0n) is 13.2. The molecule has 0 aliphatic heterocycles. The predicted octanol–water partition coefficient (Wildman–Crippen LogP) is 3.47. The van der Waals surface area contributed by atoms with E-state index in [0.29, 0.717) is 17.2 Å². The summed E-state index contributed by atoms with van der Waals surface area (Å²) in [6, 6.07) is 11.6. The summed E-state index contributed by atoms with van der Waals surface area (Å²) in [7, 11) is 4.75. The van der Waals surface area contributed by atoms with Crippen molar-refractivity contribution < 1.29 is 14.2 Å². The van der Waals surface area contributed by atoms with Gasteiger partial charge in [0.05, 0.1) is 33.2 Å². The van der Waals surface area contributed by atoms with E-state index in [1.165, 1.54) is 0 Å². The minimum absolute atomic E-state index is 0.546. The van der Waals surface area contributed by atoms with Crippen molar-refractivity contribution in [1.29, 1.82) is 0 Å². The molecule has 0 aliphatic rings. The molecule has 2 aromatic carbocycles. The fourth-order valence-electron chi connectivity index (χ4n) is 2.10. The van der Waals surface area contributed by atoms with Gasteiger partial charge in [-0.15, -0.1) is 0 Å². The second-order valence-corrected chi connectivity index (χ2v) is 4.61. The molecule has 0 aromatic heterocycles. The molecule has 2 rings (SSSR count). The van der Waals surface area contributed by atoms with Gasteiger partial charge in [-0.25, -0.2) is 0 Å². The molecule has 0 unspecified atom stereocenters. The average molecular weight is 300 g/mol. The number of nitrogens with one attached hydrogen (secondary N) is 1. The first-order valence-electron chi connectivity index (χ1n) is 6.85. The number of para-hydroxylation sites is 1. The second-order valence-electron chi connectivity index (χ2n) is 4.61. The lowest BCUT2D eigenvalue weighted by Crippen LogP contribution is -1.99. The Kier molecular flexibility index (Phi) is 5.25. The summed E-state index contributed by atoms with van der Waals surface area (Å²) in [5.74, 6) is 1.74. The van der Waals surface area contributed by atoms with Gasteiger partial charge in [0.15, 0.2) is 11.5 Å². The van der Waals surface area contributed by atoms with Gasteiger partial charge in [-0.2, -0.15) is 5.10 Å². The van der Waals surface area contributed by atoms with Crippen molar-refractivity contribution in [2.75, 3.05) is 26.8 Å². The predicted molar refractivity (Wildman–Crippen MR) is 88.5 cm³/mol. The smallest absolute Gasteiger partial charge is 0.203 e. The number of nitrogens with zero attached hydrogens (tertiary/aromatic N) is 1. The van der Waals surface area contributed by atoms with Crippen molar-refractivity contribution >= 4 is 11.9 Å². The molecule has 22 heavy (non-hydrogen) atoms. The van der Waals surface area contributed by atoms with Crippen molar-refractivity contribution in [2.45, 2.75) is 6.92 Å². The van der Waals surface area contributed by atoms with Gasteiger partial charge in [0.2, 0.25) is 5.75 Å². The Balaban J connectivity index is 2.26. The normalized spacial score (nSPS) is 10.5. The van der Waals surface area contributed by atoms with Crippen molar-refractivity contribution in [3.63, 3.8) is 0 Å². The van der Waals surface area contributed by atoms with Gasteiger partial charge in [-0.05, 0) is 30.7 Å². The highest BCUT2D eigenvalue weighted by atomic mass is 16.5. The van der Waals surface area contributed by atoms with Crippen LogP contribution in [0.5, 0.6) is 17.2 Å². The molecule has 1 N–H and O–H groups in total. The van der Waals surface area contributed by atoms with Crippen LogP contribution in [-0.2, 0) is 0 Å². The Morgan fingerprint density at radius 3 is 2.27 bits per heavy atom. The number of hydrazone groups is 1. The largest absolute Gasteiger partial charge is 0.493 e. The molecule has 0 aliphatic carbocycles. The Labute approximate surface area is 130 Å². The number of rotatable bonds is 6. The van der Waals surface area contributed by atoms with Crippen molar-refractivity contribution in [3.8, 4) is 17.2 Å². The van der Waals surface area contributed by atoms with Crippen molar-refractivity contribution in [2.24, 2.45) is 5.10 Å². The summed E-state index contributed by atoms with van der Waals surface area (Å²) in [6.07, 6.45) is 1.69. The number of hydrogen-bond donors (Lipinski definition) is 1. The SMILES string of the molecule is COc1ccc(/C=N/Nc2ccccc2C)c(OC)c1OC. The number of aryl methyl sites for hydroxylation is 1. The zero-order valence-corrected chi connectivity index (χ0v) is 13.2. The van der Waals surface area contributed by atoms with Gasteiger partial charge in [-0.1, -0.05) is 18.2 Å². The number of hydrogen-bond acceptors (Lipinski definition) is 5. The molecule has 0 spiro atoms. The first-order chi connectivity index (χ1) is 10.7. The summed E-state index contributed by atoms with van der Waals surface area (Å²) >= 11 is 0. The van der Waals surface area contributed by atoms with E-state index in [2.05, 4.69) is 10.5 Å². The highest BCUT2D eigenvalue weighted by Crippen LogP contribution is 2.38. The van der Waals surface area contributed by atoms with Crippen LogP contribution in [0.4, 0.5) is 5.69 Å². The highest BCUT2D eigenvalue weighted by molar-refractivity contribution is 5.86. The Morgan fingerprint density at radius 2 is 1.64 bits per heavy atom. The molecule has 0 atom stereocenters. The first kappa shape index (κ1) is 15.7. The zero-order chi connectivity index (χ0) is 15.9. The number of ether oxygens (including phenoxy) is 3. The van der Waals surface area contributed by atoms with Crippen LogP contribution in [0.3, 0.4) is 0 Å². The van der Waals surface area contributed by atoms with E-state index >= 15 is 0 Å². The molecule has 2 aromatic rings. The van der Waals surface area contributed by atoms with E-state index in [9.17, 15) is 0 Å². The van der Waals surface area contributed by atoms with Crippen LogP contribution >= 0.6 is 0 Å². The molecule has 5 heteroatoms. The van der Waals surface area contributed by atoms with Gasteiger partial charge < -0.3 is 14.2 Å². The van der Waals surface area contributed by atoms with E-state index < -0.39 is 0 Å². The third-order valence-corrected chi connectivity index (χ3v) is 3.27. The summed E-state index contributed by atoms with van der Waals surface area (Å²) in [5, 5.41) is 4.26.